The van der Waals surface area contributed by atoms with Crippen LogP contribution < -0.4 is 16.4 Å². The van der Waals surface area contributed by atoms with Gasteiger partial charge >= 0.3 is 0 Å². The molecule has 6 heteroatoms. The van der Waals surface area contributed by atoms with Crippen LogP contribution in [0.1, 0.15) is 38.9 Å². The minimum Gasteiger partial charge on any atom is -0.384 e. The molecule has 0 saturated carbocycles. The lowest BCUT2D eigenvalue weighted by Crippen LogP contribution is -2.37. The molecule has 6 nitrogen and oxygen atoms in total. The average molecular weight is 263 g/mol. The van der Waals surface area contributed by atoms with E-state index in [4.69, 9.17) is 11.5 Å². The molecular weight excluding hydrogens is 242 g/mol. The van der Waals surface area contributed by atoms with Crippen molar-refractivity contribution in [2.75, 3.05) is 23.7 Å². The highest BCUT2D eigenvalue weighted by molar-refractivity contribution is 5.82. The quantitative estimate of drug-likeness (QED) is 0.843. The lowest BCUT2D eigenvalue weighted by atomic mass is 9.89. The Labute approximate surface area is 113 Å². The Morgan fingerprint density at radius 1 is 1.47 bits per heavy atom. The van der Waals surface area contributed by atoms with Crippen molar-refractivity contribution in [1.82, 2.24) is 9.97 Å². The number of nitrogens with two attached hydrogens (primary N) is 2. The molecule has 4 N–H and O–H groups in total. The smallest absolute Gasteiger partial charge is 0.225 e. The molecule has 0 bridgehead atoms. The Balaban J connectivity index is 2.27. The number of nitrogens with zero attached hydrogens (tertiary/aromatic N) is 3. The van der Waals surface area contributed by atoms with Crippen LogP contribution in [0.25, 0.3) is 0 Å². The Morgan fingerprint density at radius 3 is 2.68 bits per heavy atom. The van der Waals surface area contributed by atoms with Crippen LogP contribution in [0.3, 0.4) is 0 Å². The summed E-state index contributed by atoms with van der Waals surface area (Å²) in [5.41, 5.74) is 10.8. The van der Waals surface area contributed by atoms with Crippen LogP contribution in [0, 0.1) is 5.41 Å². The van der Waals surface area contributed by atoms with E-state index in [0.717, 1.165) is 24.6 Å². The molecule has 1 atom stereocenters. The summed E-state index contributed by atoms with van der Waals surface area (Å²) in [5.74, 6) is 1.92. The van der Waals surface area contributed by atoms with E-state index in [0.29, 0.717) is 12.4 Å². The van der Waals surface area contributed by atoms with Crippen molar-refractivity contribution in [2.24, 2.45) is 11.1 Å². The van der Waals surface area contributed by atoms with Crippen molar-refractivity contribution < 1.29 is 4.79 Å². The lowest BCUT2D eigenvalue weighted by molar-refractivity contribution is -0.125. The Hall–Kier alpha value is -1.85. The molecular formula is C13H21N5O. The molecule has 1 saturated heterocycles. The van der Waals surface area contributed by atoms with Crippen LogP contribution in [0.4, 0.5) is 11.6 Å². The molecule has 0 aliphatic carbocycles. The van der Waals surface area contributed by atoms with Crippen molar-refractivity contribution in [1.29, 1.82) is 0 Å². The lowest BCUT2D eigenvalue weighted by Gasteiger charge is -2.22. The fourth-order valence-electron chi connectivity index (χ4n) is 2.25. The minimum atomic E-state index is -0.488. The number of carbonyl (C=O) groups is 1. The first kappa shape index (κ1) is 13.6. The number of hydrogen-bond acceptors (Lipinski definition) is 5. The highest BCUT2D eigenvalue weighted by atomic mass is 16.1. The first-order chi connectivity index (χ1) is 8.82. The summed E-state index contributed by atoms with van der Waals surface area (Å²) in [6, 6.07) is 1.75. The molecule has 19 heavy (non-hydrogen) atoms. The maximum absolute atomic E-state index is 11.5. The summed E-state index contributed by atoms with van der Waals surface area (Å²) in [6.45, 7) is 7.28. The maximum atomic E-state index is 11.5. The number of hydrogen-bond donors (Lipinski definition) is 2. The van der Waals surface area contributed by atoms with Crippen LogP contribution in [0.2, 0.25) is 0 Å². The van der Waals surface area contributed by atoms with Gasteiger partial charge in [-0.25, -0.2) is 9.97 Å². The van der Waals surface area contributed by atoms with Crippen LogP contribution >= 0.6 is 0 Å². The van der Waals surface area contributed by atoms with Gasteiger partial charge in [-0.3, -0.25) is 4.79 Å². The molecule has 1 aromatic rings. The van der Waals surface area contributed by atoms with E-state index in [9.17, 15) is 4.79 Å². The van der Waals surface area contributed by atoms with E-state index >= 15 is 0 Å². The van der Waals surface area contributed by atoms with E-state index in [2.05, 4.69) is 14.9 Å². The third-order valence-corrected chi connectivity index (χ3v) is 3.66. The molecule has 104 valence electrons. The molecule has 1 aliphatic rings. The molecule has 0 spiro atoms. The molecule has 1 aromatic heterocycles. The fourth-order valence-corrected chi connectivity index (χ4v) is 2.25. The summed E-state index contributed by atoms with van der Waals surface area (Å²) in [7, 11) is 0. The van der Waals surface area contributed by atoms with Gasteiger partial charge in [-0.05, 0) is 13.3 Å². The normalized spacial score (nSPS) is 23.1. The summed E-state index contributed by atoms with van der Waals surface area (Å²) in [5, 5.41) is 0. The van der Waals surface area contributed by atoms with Crippen molar-refractivity contribution in [2.45, 2.75) is 33.1 Å². The largest absolute Gasteiger partial charge is 0.384 e. The van der Waals surface area contributed by atoms with E-state index in [1.807, 2.05) is 20.8 Å². The number of primary amides is 1. The molecule has 2 rings (SSSR count). The Morgan fingerprint density at radius 2 is 2.16 bits per heavy atom. The highest BCUT2D eigenvalue weighted by Crippen LogP contribution is 2.32. The molecule has 2 heterocycles. The number of amides is 1. The zero-order chi connectivity index (χ0) is 14.2. The van der Waals surface area contributed by atoms with Crippen LogP contribution in [-0.2, 0) is 4.79 Å². The first-order valence-corrected chi connectivity index (χ1v) is 6.51. The first-order valence-electron chi connectivity index (χ1n) is 6.51. The van der Waals surface area contributed by atoms with Crippen LogP contribution in [0.15, 0.2) is 6.07 Å². The molecule has 1 fully saturated rings. The number of nitrogen functional groups attached to an aromatic ring is 1. The number of rotatable bonds is 3. The van der Waals surface area contributed by atoms with Crippen molar-refractivity contribution in [3.8, 4) is 0 Å². The predicted octanol–water partition coefficient (Wildman–Crippen LogP) is 0.884. The summed E-state index contributed by atoms with van der Waals surface area (Å²) in [4.78, 5) is 22.3. The minimum absolute atomic E-state index is 0.215. The summed E-state index contributed by atoms with van der Waals surface area (Å²) < 4.78 is 0. The van der Waals surface area contributed by atoms with E-state index in [-0.39, 0.29) is 11.8 Å². The Kier molecular flexibility index (Phi) is 3.34. The molecule has 1 amide bonds. The summed E-state index contributed by atoms with van der Waals surface area (Å²) in [6.07, 6.45) is 0.739. The zero-order valence-corrected chi connectivity index (χ0v) is 11.7. The van der Waals surface area contributed by atoms with Crippen LogP contribution in [-0.4, -0.2) is 29.0 Å². The van der Waals surface area contributed by atoms with Gasteiger partial charge in [0.1, 0.15) is 17.5 Å². The molecule has 0 aromatic carbocycles. The maximum Gasteiger partial charge on any atom is 0.225 e. The van der Waals surface area contributed by atoms with E-state index in [1.54, 1.807) is 6.07 Å². The number of anilines is 2. The standard InChI is InChI=1S/C13H21N5O/c1-8(2)11-16-9(14)6-10(17-11)18-5-4-13(3,7-18)12(15)19/h6,8H,4-5,7H2,1-3H3,(H2,15,19)(H2,14,16,17). The number of aromatic nitrogens is 2. The SMILES string of the molecule is CC(C)c1nc(N)cc(N2CCC(C)(C(N)=O)C2)n1. The topological polar surface area (TPSA) is 98.1 Å². The second kappa shape index (κ2) is 4.68. The highest BCUT2D eigenvalue weighted by Gasteiger charge is 2.39. The predicted molar refractivity (Wildman–Crippen MR) is 74.7 cm³/mol. The van der Waals surface area contributed by atoms with Crippen molar-refractivity contribution in [3.05, 3.63) is 11.9 Å². The van der Waals surface area contributed by atoms with Gasteiger partial charge in [0.2, 0.25) is 5.91 Å². The second-order valence-corrected chi connectivity index (χ2v) is 5.76. The van der Waals surface area contributed by atoms with Crippen molar-refractivity contribution in [3.63, 3.8) is 0 Å². The van der Waals surface area contributed by atoms with Crippen molar-refractivity contribution >= 4 is 17.5 Å². The van der Waals surface area contributed by atoms with Gasteiger partial charge in [-0.1, -0.05) is 13.8 Å². The van der Waals surface area contributed by atoms with Gasteiger partial charge in [0.15, 0.2) is 0 Å². The fraction of sp³-hybridized carbons (Fsp3) is 0.615. The van der Waals surface area contributed by atoms with E-state index in [1.165, 1.54) is 0 Å². The third kappa shape index (κ3) is 2.62. The summed E-state index contributed by atoms with van der Waals surface area (Å²) >= 11 is 0. The van der Waals surface area contributed by atoms with Gasteiger partial charge in [-0.2, -0.15) is 0 Å². The second-order valence-electron chi connectivity index (χ2n) is 5.76. The van der Waals surface area contributed by atoms with Gasteiger partial charge < -0.3 is 16.4 Å². The van der Waals surface area contributed by atoms with Gasteiger partial charge in [-0.15, -0.1) is 0 Å². The van der Waals surface area contributed by atoms with Gasteiger partial charge in [0, 0.05) is 25.1 Å². The Bertz CT molecular complexity index is 502. The zero-order valence-electron chi connectivity index (χ0n) is 11.7. The molecule has 1 unspecified atom stereocenters. The molecule has 0 radical (unpaired) electrons. The van der Waals surface area contributed by atoms with Gasteiger partial charge in [0.25, 0.3) is 0 Å². The monoisotopic (exact) mass is 263 g/mol. The average Bonchev–Trinajstić information content (AvgIpc) is 2.72. The third-order valence-electron chi connectivity index (χ3n) is 3.66. The molecule has 1 aliphatic heterocycles. The van der Waals surface area contributed by atoms with Crippen LogP contribution in [0.5, 0.6) is 0 Å². The number of carbonyl (C=O) groups excluding carboxylic acids is 1. The van der Waals surface area contributed by atoms with Gasteiger partial charge in [0.05, 0.1) is 5.41 Å². The van der Waals surface area contributed by atoms with E-state index < -0.39 is 5.41 Å².